The van der Waals surface area contributed by atoms with Crippen molar-refractivity contribution in [1.29, 1.82) is 0 Å². The minimum atomic E-state index is 0.703. The van der Waals surface area contributed by atoms with Gasteiger partial charge in [0, 0.05) is 45.5 Å². The van der Waals surface area contributed by atoms with Gasteiger partial charge in [0.25, 0.3) is 0 Å². The van der Waals surface area contributed by atoms with Gasteiger partial charge in [0.05, 0.1) is 7.11 Å². The maximum absolute atomic E-state index is 5.30. The van der Waals surface area contributed by atoms with Crippen molar-refractivity contribution < 1.29 is 4.74 Å². The Balaban J connectivity index is 1.56. The highest BCUT2D eigenvalue weighted by Gasteiger charge is 2.18. The van der Waals surface area contributed by atoms with Crippen LogP contribution in [-0.4, -0.2) is 54.7 Å². The van der Waals surface area contributed by atoms with Crippen LogP contribution in [-0.2, 0) is 6.54 Å². The van der Waals surface area contributed by atoms with Gasteiger partial charge < -0.3 is 15.0 Å². The van der Waals surface area contributed by atoms with Crippen molar-refractivity contribution >= 4 is 11.8 Å². The number of nitrogens with zero attached hydrogens (tertiary/aromatic N) is 4. The number of methoxy groups -OCH3 is 1. The smallest absolute Gasteiger partial charge is 0.224 e. The van der Waals surface area contributed by atoms with E-state index in [9.17, 15) is 0 Å². The van der Waals surface area contributed by atoms with E-state index in [-0.39, 0.29) is 0 Å². The molecule has 128 valence electrons. The van der Waals surface area contributed by atoms with Gasteiger partial charge in [0.15, 0.2) is 0 Å². The number of piperazine rings is 1. The summed E-state index contributed by atoms with van der Waals surface area (Å²) in [5.74, 6) is 2.62. The molecular weight excluding hydrogens is 302 g/mol. The molecule has 2 aromatic rings. The molecule has 2 heterocycles. The molecule has 1 fully saturated rings. The molecule has 24 heavy (non-hydrogen) atoms. The lowest BCUT2D eigenvalue weighted by Gasteiger charge is -2.35. The lowest BCUT2D eigenvalue weighted by Crippen LogP contribution is -2.46. The normalized spacial score (nSPS) is 15.3. The fraction of sp³-hybridized carbons (Fsp3) is 0.444. The van der Waals surface area contributed by atoms with Crippen molar-refractivity contribution in [1.82, 2.24) is 14.9 Å². The zero-order chi connectivity index (χ0) is 16.8. The van der Waals surface area contributed by atoms with Gasteiger partial charge in [-0.25, -0.2) is 4.98 Å². The van der Waals surface area contributed by atoms with Crippen LogP contribution in [0.1, 0.15) is 12.5 Å². The summed E-state index contributed by atoms with van der Waals surface area (Å²) >= 11 is 0. The summed E-state index contributed by atoms with van der Waals surface area (Å²) in [4.78, 5) is 13.6. The van der Waals surface area contributed by atoms with Crippen LogP contribution >= 0.6 is 0 Å². The predicted molar refractivity (Wildman–Crippen MR) is 96.7 cm³/mol. The van der Waals surface area contributed by atoms with Crippen molar-refractivity contribution in [2.24, 2.45) is 0 Å². The van der Waals surface area contributed by atoms with E-state index >= 15 is 0 Å². The number of hydrogen-bond donors (Lipinski definition) is 1. The van der Waals surface area contributed by atoms with Gasteiger partial charge in [0.2, 0.25) is 5.95 Å². The third-order valence-corrected chi connectivity index (χ3v) is 4.21. The molecular formula is C18H25N5O. The van der Waals surface area contributed by atoms with Crippen molar-refractivity contribution in [3.8, 4) is 5.75 Å². The Morgan fingerprint density at radius 2 is 2.00 bits per heavy atom. The Hall–Kier alpha value is -2.34. The summed E-state index contributed by atoms with van der Waals surface area (Å²) < 4.78 is 5.30. The summed E-state index contributed by atoms with van der Waals surface area (Å²) in [5, 5.41) is 3.17. The van der Waals surface area contributed by atoms with E-state index in [0.29, 0.717) is 5.95 Å². The molecule has 1 saturated heterocycles. The standard InChI is InChI=1S/C18H25N5O/c1-3-19-18-20-8-7-17(21-18)23-11-9-22(10-12-23)14-15-5-4-6-16(13-15)24-2/h4-8,13H,3,9-12,14H2,1-2H3,(H,19,20,21). The minimum Gasteiger partial charge on any atom is -0.497 e. The topological polar surface area (TPSA) is 53.5 Å². The molecule has 1 aliphatic rings. The third kappa shape index (κ3) is 4.14. The van der Waals surface area contributed by atoms with E-state index in [1.165, 1.54) is 5.56 Å². The van der Waals surface area contributed by atoms with E-state index in [1.807, 2.05) is 31.3 Å². The van der Waals surface area contributed by atoms with Crippen molar-refractivity contribution in [3.05, 3.63) is 42.1 Å². The lowest BCUT2D eigenvalue weighted by atomic mass is 10.2. The van der Waals surface area contributed by atoms with E-state index in [0.717, 1.165) is 50.8 Å². The van der Waals surface area contributed by atoms with Gasteiger partial charge in [-0.3, -0.25) is 4.90 Å². The minimum absolute atomic E-state index is 0.703. The van der Waals surface area contributed by atoms with Crippen LogP contribution in [0.5, 0.6) is 5.75 Å². The Morgan fingerprint density at radius 1 is 1.17 bits per heavy atom. The number of anilines is 2. The summed E-state index contributed by atoms with van der Waals surface area (Å²) in [6.45, 7) is 7.84. The predicted octanol–water partition coefficient (Wildman–Crippen LogP) is 2.24. The SMILES string of the molecule is CCNc1nccc(N2CCN(Cc3cccc(OC)c3)CC2)n1. The number of rotatable bonds is 6. The fourth-order valence-corrected chi connectivity index (χ4v) is 2.93. The Labute approximate surface area is 143 Å². The van der Waals surface area contributed by atoms with Crippen LogP contribution in [0, 0.1) is 0 Å². The maximum Gasteiger partial charge on any atom is 0.224 e. The molecule has 0 unspecified atom stereocenters. The molecule has 0 amide bonds. The van der Waals surface area contributed by atoms with E-state index in [4.69, 9.17) is 4.74 Å². The number of benzene rings is 1. The van der Waals surface area contributed by atoms with Crippen molar-refractivity contribution in [3.63, 3.8) is 0 Å². The first-order valence-corrected chi connectivity index (χ1v) is 8.45. The maximum atomic E-state index is 5.30. The first-order chi connectivity index (χ1) is 11.8. The average Bonchev–Trinajstić information content (AvgIpc) is 2.63. The first kappa shape index (κ1) is 16.5. The Bertz CT molecular complexity index is 655. The van der Waals surface area contributed by atoms with Crippen LogP contribution in [0.2, 0.25) is 0 Å². The molecule has 6 nitrogen and oxygen atoms in total. The fourth-order valence-electron chi connectivity index (χ4n) is 2.93. The molecule has 0 radical (unpaired) electrons. The van der Waals surface area contributed by atoms with Crippen LogP contribution < -0.4 is 15.0 Å². The average molecular weight is 327 g/mol. The monoisotopic (exact) mass is 327 g/mol. The zero-order valence-corrected chi connectivity index (χ0v) is 14.4. The molecule has 0 spiro atoms. The van der Waals surface area contributed by atoms with E-state index in [2.05, 4.69) is 37.2 Å². The largest absolute Gasteiger partial charge is 0.497 e. The molecule has 1 aromatic heterocycles. The molecule has 1 N–H and O–H groups in total. The van der Waals surface area contributed by atoms with Gasteiger partial charge in [-0.15, -0.1) is 0 Å². The Morgan fingerprint density at radius 3 is 2.75 bits per heavy atom. The number of aromatic nitrogens is 2. The molecule has 1 aromatic carbocycles. The molecule has 3 rings (SSSR count). The van der Waals surface area contributed by atoms with Gasteiger partial charge in [-0.1, -0.05) is 12.1 Å². The highest BCUT2D eigenvalue weighted by Crippen LogP contribution is 2.18. The second kappa shape index (κ2) is 7.97. The van der Waals surface area contributed by atoms with Crippen molar-refractivity contribution in [2.45, 2.75) is 13.5 Å². The summed E-state index contributed by atoms with van der Waals surface area (Å²) in [5.41, 5.74) is 1.29. The van der Waals surface area contributed by atoms with Crippen molar-refractivity contribution in [2.75, 3.05) is 50.1 Å². The van der Waals surface area contributed by atoms with Crippen LogP contribution in [0.15, 0.2) is 36.5 Å². The van der Waals surface area contributed by atoms with Gasteiger partial charge >= 0.3 is 0 Å². The second-order valence-corrected chi connectivity index (χ2v) is 5.88. The van der Waals surface area contributed by atoms with Gasteiger partial charge in [-0.2, -0.15) is 4.98 Å². The van der Waals surface area contributed by atoms with E-state index < -0.39 is 0 Å². The van der Waals surface area contributed by atoms with Crippen LogP contribution in [0.4, 0.5) is 11.8 Å². The van der Waals surface area contributed by atoms with Crippen LogP contribution in [0.25, 0.3) is 0 Å². The lowest BCUT2D eigenvalue weighted by molar-refractivity contribution is 0.249. The first-order valence-electron chi connectivity index (χ1n) is 8.45. The molecule has 0 aliphatic carbocycles. The highest BCUT2D eigenvalue weighted by molar-refractivity contribution is 5.43. The molecule has 1 aliphatic heterocycles. The van der Waals surface area contributed by atoms with E-state index in [1.54, 1.807) is 7.11 Å². The molecule has 0 bridgehead atoms. The third-order valence-electron chi connectivity index (χ3n) is 4.21. The zero-order valence-electron chi connectivity index (χ0n) is 14.4. The quantitative estimate of drug-likeness (QED) is 0.878. The number of hydrogen-bond acceptors (Lipinski definition) is 6. The van der Waals surface area contributed by atoms with Crippen LogP contribution in [0.3, 0.4) is 0 Å². The summed E-state index contributed by atoms with van der Waals surface area (Å²) in [6.07, 6.45) is 1.82. The molecule has 0 saturated carbocycles. The highest BCUT2D eigenvalue weighted by atomic mass is 16.5. The summed E-state index contributed by atoms with van der Waals surface area (Å²) in [7, 11) is 1.71. The molecule has 6 heteroatoms. The number of ether oxygens (including phenoxy) is 1. The second-order valence-electron chi connectivity index (χ2n) is 5.88. The number of nitrogens with one attached hydrogen (secondary N) is 1. The van der Waals surface area contributed by atoms with Gasteiger partial charge in [-0.05, 0) is 30.7 Å². The molecule has 0 atom stereocenters. The summed E-state index contributed by atoms with van der Waals surface area (Å²) in [6, 6.07) is 10.3. The van der Waals surface area contributed by atoms with Gasteiger partial charge in [0.1, 0.15) is 11.6 Å². The Kier molecular flexibility index (Phi) is 5.48.